The van der Waals surface area contributed by atoms with Crippen molar-refractivity contribution in [3.63, 3.8) is 0 Å². The van der Waals surface area contributed by atoms with E-state index in [1.54, 1.807) is 0 Å². The number of hydrogen-bond acceptors (Lipinski definition) is 6. The number of ether oxygens (including phenoxy) is 2. The minimum Gasteiger partial charge on any atom is -0.493 e. The van der Waals surface area contributed by atoms with Crippen LogP contribution < -0.4 is 14.8 Å². The number of benzene rings is 2. The Bertz CT molecular complexity index is 974. The third kappa shape index (κ3) is 5.50. The van der Waals surface area contributed by atoms with Crippen LogP contribution in [0.3, 0.4) is 0 Å². The fraction of sp³-hybridized carbons (Fsp3) is 0.250. The Hall–Kier alpha value is -3.49. The maximum atomic E-state index is 12.5. The SMILES string of the molecule is COc1ccc(NC(=O)CCc2nc(-c3ccc(C)cc3)no2)cc1OC(F)F. The molecule has 0 spiro atoms. The molecule has 0 bridgehead atoms. The van der Waals surface area contributed by atoms with E-state index in [0.29, 0.717) is 17.4 Å². The maximum absolute atomic E-state index is 12.5. The van der Waals surface area contributed by atoms with Crippen LogP contribution in [-0.4, -0.2) is 29.8 Å². The molecule has 0 unspecified atom stereocenters. The summed E-state index contributed by atoms with van der Waals surface area (Å²) in [6, 6.07) is 11.9. The van der Waals surface area contributed by atoms with Gasteiger partial charge in [0.2, 0.25) is 17.6 Å². The van der Waals surface area contributed by atoms with Gasteiger partial charge in [0.1, 0.15) is 0 Å². The molecule has 1 heterocycles. The zero-order valence-corrected chi connectivity index (χ0v) is 15.8. The quantitative estimate of drug-likeness (QED) is 0.606. The van der Waals surface area contributed by atoms with Gasteiger partial charge in [-0.25, -0.2) is 0 Å². The predicted molar refractivity (Wildman–Crippen MR) is 101 cm³/mol. The second-order valence-corrected chi connectivity index (χ2v) is 6.17. The number of aromatic nitrogens is 2. The van der Waals surface area contributed by atoms with Crippen molar-refractivity contribution in [1.29, 1.82) is 0 Å². The third-order valence-electron chi connectivity index (χ3n) is 4.01. The molecule has 7 nitrogen and oxygen atoms in total. The molecule has 0 atom stereocenters. The summed E-state index contributed by atoms with van der Waals surface area (Å²) in [5.41, 5.74) is 2.24. The molecule has 152 valence electrons. The Morgan fingerprint density at radius 3 is 2.62 bits per heavy atom. The van der Waals surface area contributed by atoms with Crippen molar-refractivity contribution in [3.8, 4) is 22.9 Å². The number of hydrogen-bond donors (Lipinski definition) is 1. The topological polar surface area (TPSA) is 86.5 Å². The number of carbonyl (C=O) groups is 1. The molecule has 3 aromatic rings. The van der Waals surface area contributed by atoms with Gasteiger partial charge in [0.25, 0.3) is 0 Å². The summed E-state index contributed by atoms with van der Waals surface area (Å²) in [5.74, 6) is 0.405. The van der Waals surface area contributed by atoms with Crippen molar-refractivity contribution < 1.29 is 27.6 Å². The molecule has 2 aromatic carbocycles. The van der Waals surface area contributed by atoms with Gasteiger partial charge in [-0.3, -0.25) is 4.79 Å². The average molecular weight is 403 g/mol. The molecule has 0 radical (unpaired) electrons. The Morgan fingerprint density at radius 1 is 1.17 bits per heavy atom. The summed E-state index contributed by atoms with van der Waals surface area (Å²) in [6.45, 7) is -1.02. The van der Waals surface area contributed by atoms with Gasteiger partial charge in [-0.05, 0) is 19.1 Å². The first kappa shape index (κ1) is 20.2. The van der Waals surface area contributed by atoms with Gasteiger partial charge in [0, 0.05) is 30.2 Å². The molecule has 0 fully saturated rings. The highest BCUT2D eigenvalue weighted by Gasteiger charge is 2.14. The highest BCUT2D eigenvalue weighted by atomic mass is 19.3. The zero-order valence-electron chi connectivity index (χ0n) is 15.8. The van der Waals surface area contributed by atoms with Gasteiger partial charge in [-0.15, -0.1) is 0 Å². The molecule has 1 aromatic heterocycles. The van der Waals surface area contributed by atoms with E-state index >= 15 is 0 Å². The molecule has 1 amide bonds. The molecular weight excluding hydrogens is 384 g/mol. The Balaban J connectivity index is 1.58. The molecule has 0 saturated heterocycles. The minimum absolute atomic E-state index is 0.0760. The van der Waals surface area contributed by atoms with E-state index in [1.165, 1.54) is 25.3 Å². The maximum Gasteiger partial charge on any atom is 0.387 e. The van der Waals surface area contributed by atoms with E-state index in [-0.39, 0.29) is 30.2 Å². The number of carbonyl (C=O) groups excluding carboxylic acids is 1. The lowest BCUT2D eigenvalue weighted by molar-refractivity contribution is -0.116. The minimum atomic E-state index is -3.00. The van der Waals surface area contributed by atoms with Crippen LogP contribution in [0.4, 0.5) is 14.5 Å². The Kier molecular flexibility index (Phi) is 6.38. The van der Waals surface area contributed by atoms with Crippen molar-refractivity contribution in [2.75, 3.05) is 12.4 Å². The summed E-state index contributed by atoms with van der Waals surface area (Å²) in [4.78, 5) is 16.4. The van der Waals surface area contributed by atoms with E-state index < -0.39 is 6.61 Å². The first-order valence-electron chi connectivity index (χ1n) is 8.77. The lowest BCUT2D eigenvalue weighted by atomic mass is 10.1. The van der Waals surface area contributed by atoms with Crippen LogP contribution in [0.2, 0.25) is 0 Å². The second kappa shape index (κ2) is 9.13. The van der Waals surface area contributed by atoms with Gasteiger partial charge in [-0.2, -0.15) is 13.8 Å². The second-order valence-electron chi connectivity index (χ2n) is 6.17. The number of halogens is 2. The highest BCUT2D eigenvalue weighted by molar-refractivity contribution is 5.91. The molecule has 0 aliphatic heterocycles. The van der Waals surface area contributed by atoms with Gasteiger partial charge >= 0.3 is 6.61 Å². The van der Waals surface area contributed by atoms with Gasteiger partial charge in [-0.1, -0.05) is 35.0 Å². The van der Waals surface area contributed by atoms with Crippen LogP contribution in [0.5, 0.6) is 11.5 Å². The van der Waals surface area contributed by atoms with Crippen LogP contribution >= 0.6 is 0 Å². The molecule has 3 rings (SSSR count). The largest absolute Gasteiger partial charge is 0.493 e. The first-order chi connectivity index (χ1) is 13.9. The number of amides is 1. The standard InChI is InChI=1S/C20H19F2N3O4/c1-12-3-5-13(6-4-12)19-24-18(29-25-19)10-9-17(26)23-14-7-8-15(27-2)16(11-14)28-20(21)22/h3-8,11,20H,9-10H2,1-2H3,(H,23,26). The number of aryl methyl sites for hydroxylation is 2. The molecule has 0 aliphatic carbocycles. The summed E-state index contributed by atoms with van der Waals surface area (Å²) >= 11 is 0. The van der Waals surface area contributed by atoms with Gasteiger partial charge in [0.15, 0.2) is 11.5 Å². The van der Waals surface area contributed by atoms with Crippen LogP contribution in [0.15, 0.2) is 47.0 Å². The summed E-state index contributed by atoms with van der Waals surface area (Å²) in [7, 11) is 1.33. The van der Waals surface area contributed by atoms with Crippen LogP contribution in [-0.2, 0) is 11.2 Å². The number of nitrogens with zero attached hydrogens (tertiary/aromatic N) is 2. The van der Waals surface area contributed by atoms with E-state index in [9.17, 15) is 13.6 Å². The average Bonchev–Trinajstić information content (AvgIpc) is 3.16. The van der Waals surface area contributed by atoms with Crippen molar-refractivity contribution in [3.05, 3.63) is 53.9 Å². The lowest BCUT2D eigenvalue weighted by Gasteiger charge is -2.12. The van der Waals surface area contributed by atoms with Crippen molar-refractivity contribution in [2.24, 2.45) is 0 Å². The lowest BCUT2D eigenvalue weighted by Crippen LogP contribution is -2.13. The smallest absolute Gasteiger partial charge is 0.387 e. The Morgan fingerprint density at radius 2 is 1.93 bits per heavy atom. The monoisotopic (exact) mass is 403 g/mol. The molecule has 29 heavy (non-hydrogen) atoms. The number of nitrogens with one attached hydrogen (secondary N) is 1. The molecule has 9 heteroatoms. The van der Waals surface area contributed by atoms with E-state index in [4.69, 9.17) is 9.26 Å². The molecule has 1 N–H and O–H groups in total. The van der Waals surface area contributed by atoms with Gasteiger partial charge < -0.3 is 19.3 Å². The third-order valence-corrected chi connectivity index (χ3v) is 4.01. The van der Waals surface area contributed by atoms with E-state index in [2.05, 4.69) is 20.2 Å². The van der Waals surface area contributed by atoms with Crippen molar-refractivity contribution in [2.45, 2.75) is 26.4 Å². The number of anilines is 1. The van der Waals surface area contributed by atoms with Crippen LogP contribution in [0, 0.1) is 6.92 Å². The number of rotatable bonds is 8. The summed E-state index contributed by atoms with van der Waals surface area (Å²) in [6.07, 6.45) is 0.313. The Labute approximate surface area is 165 Å². The van der Waals surface area contributed by atoms with Crippen molar-refractivity contribution in [1.82, 2.24) is 10.1 Å². The first-order valence-corrected chi connectivity index (χ1v) is 8.77. The summed E-state index contributed by atoms with van der Waals surface area (Å²) < 4.78 is 39.5. The summed E-state index contributed by atoms with van der Waals surface area (Å²) in [5, 5.41) is 6.53. The molecular formula is C20H19F2N3O4. The van der Waals surface area contributed by atoms with E-state index in [0.717, 1.165) is 11.1 Å². The number of alkyl halides is 2. The zero-order chi connectivity index (χ0) is 20.8. The van der Waals surface area contributed by atoms with Crippen molar-refractivity contribution >= 4 is 11.6 Å². The van der Waals surface area contributed by atoms with Gasteiger partial charge in [0.05, 0.1) is 7.11 Å². The molecule has 0 aliphatic rings. The fourth-order valence-corrected chi connectivity index (χ4v) is 2.56. The van der Waals surface area contributed by atoms with E-state index in [1.807, 2.05) is 31.2 Å². The fourth-order valence-electron chi connectivity index (χ4n) is 2.56. The van der Waals surface area contributed by atoms with Crippen LogP contribution in [0.25, 0.3) is 11.4 Å². The number of methoxy groups -OCH3 is 1. The normalized spacial score (nSPS) is 10.8. The predicted octanol–water partition coefficient (Wildman–Crippen LogP) is 4.23. The van der Waals surface area contributed by atoms with Crippen LogP contribution in [0.1, 0.15) is 17.9 Å². The molecule has 0 saturated carbocycles. The highest BCUT2D eigenvalue weighted by Crippen LogP contribution is 2.31.